The second-order valence-electron chi connectivity index (χ2n) is 6.15. The van der Waals surface area contributed by atoms with Crippen LogP contribution in [0.2, 0.25) is 0 Å². The van der Waals surface area contributed by atoms with Crippen molar-refractivity contribution in [1.82, 2.24) is 5.32 Å². The molecule has 0 aromatic heterocycles. The number of rotatable bonds is 4. The Kier molecular flexibility index (Phi) is 3.96. The van der Waals surface area contributed by atoms with E-state index in [-0.39, 0.29) is 0 Å². The van der Waals surface area contributed by atoms with E-state index in [0.29, 0.717) is 23.2 Å². The summed E-state index contributed by atoms with van der Waals surface area (Å²) in [6, 6.07) is 8.61. The van der Waals surface area contributed by atoms with Gasteiger partial charge in [-0.3, -0.25) is 0 Å². The van der Waals surface area contributed by atoms with Crippen LogP contribution in [0.4, 0.5) is 0 Å². The standard InChI is InChI=1S/C16H25NO/c1-4-14(12-7-9-13(18)10-8-12)17-15-6-5-11-16(15,2)3/h7-10,14-15,17-18H,4-6,11H2,1-3H3. The molecule has 1 fully saturated rings. The van der Waals surface area contributed by atoms with E-state index in [2.05, 4.69) is 26.1 Å². The fourth-order valence-electron chi connectivity index (χ4n) is 3.03. The quantitative estimate of drug-likeness (QED) is 0.842. The number of phenolic OH excluding ortho intramolecular Hbond substituents is 1. The molecule has 2 heteroatoms. The molecule has 100 valence electrons. The van der Waals surface area contributed by atoms with Crippen LogP contribution < -0.4 is 5.32 Å². The molecule has 0 radical (unpaired) electrons. The minimum Gasteiger partial charge on any atom is -0.508 e. The number of aromatic hydroxyl groups is 1. The van der Waals surface area contributed by atoms with Crippen LogP contribution >= 0.6 is 0 Å². The zero-order chi connectivity index (χ0) is 13.2. The molecule has 0 bridgehead atoms. The largest absolute Gasteiger partial charge is 0.508 e. The van der Waals surface area contributed by atoms with Crippen molar-refractivity contribution in [3.05, 3.63) is 29.8 Å². The summed E-state index contributed by atoms with van der Waals surface area (Å²) in [5.41, 5.74) is 1.68. The fourth-order valence-corrected chi connectivity index (χ4v) is 3.03. The van der Waals surface area contributed by atoms with Crippen LogP contribution in [0, 0.1) is 5.41 Å². The van der Waals surface area contributed by atoms with Gasteiger partial charge in [0.25, 0.3) is 0 Å². The molecule has 1 aromatic rings. The van der Waals surface area contributed by atoms with Crippen molar-refractivity contribution in [3.8, 4) is 5.75 Å². The van der Waals surface area contributed by atoms with Gasteiger partial charge in [0.15, 0.2) is 0 Å². The van der Waals surface area contributed by atoms with E-state index in [1.54, 1.807) is 12.1 Å². The summed E-state index contributed by atoms with van der Waals surface area (Å²) in [5.74, 6) is 0.342. The zero-order valence-electron chi connectivity index (χ0n) is 11.7. The Morgan fingerprint density at radius 3 is 2.50 bits per heavy atom. The summed E-state index contributed by atoms with van der Waals surface area (Å²) in [6.45, 7) is 6.94. The summed E-state index contributed by atoms with van der Waals surface area (Å²) in [6.07, 6.45) is 5.01. The lowest BCUT2D eigenvalue weighted by atomic mass is 9.86. The third kappa shape index (κ3) is 2.86. The molecule has 0 heterocycles. The van der Waals surface area contributed by atoms with E-state index in [4.69, 9.17) is 0 Å². The summed E-state index contributed by atoms with van der Waals surface area (Å²) in [7, 11) is 0. The van der Waals surface area contributed by atoms with Gasteiger partial charge in [0.2, 0.25) is 0 Å². The smallest absolute Gasteiger partial charge is 0.115 e. The molecule has 2 nitrogen and oxygen atoms in total. The molecule has 1 aliphatic carbocycles. The van der Waals surface area contributed by atoms with Crippen molar-refractivity contribution < 1.29 is 5.11 Å². The van der Waals surface area contributed by atoms with Gasteiger partial charge in [-0.1, -0.05) is 39.3 Å². The molecule has 0 saturated heterocycles. The SMILES string of the molecule is CCC(NC1CCCC1(C)C)c1ccc(O)cc1. The van der Waals surface area contributed by atoms with Gasteiger partial charge in [0.1, 0.15) is 5.75 Å². The van der Waals surface area contributed by atoms with Gasteiger partial charge in [0, 0.05) is 12.1 Å². The normalized spacial score (nSPS) is 24.1. The molecule has 1 saturated carbocycles. The average Bonchev–Trinajstić information content (AvgIpc) is 2.67. The Labute approximate surface area is 110 Å². The molecule has 1 aliphatic rings. The Morgan fingerprint density at radius 1 is 1.33 bits per heavy atom. The molecular formula is C16H25NO. The van der Waals surface area contributed by atoms with E-state index >= 15 is 0 Å². The Balaban J connectivity index is 2.08. The number of phenols is 1. The molecule has 0 aliphatic heterocycles. The average molecular weight is 247 g/mol. The second kappa shape index (κ2) is 5.31. The molecule has 18 heavy (non-hydrogen) atoms. The van der Waals surface area contributed by atoms with E-state index in [0.717, 1.165) is 6.42 Å². The van der Waals surface area contributed by atoms with Crippen molar-refractivity contribution in [2.24, 2.45) is 5.41 Å². The van der Waals surface area contributed by atoms with Crippen LogP contribution in [0.5, 0.6) is 5.75 Å². The third-order valence-electron chi connectivity index (χ3n) is 4.36. The van der Waals surface area contributed by atoms with Crippen LogP contribution in [0.3, 0.4) is 0 Å². The molecule has 2 rings (SSSR count). The highest BCUT2D eigenvalue weighted by Gasteiger charge is 2.35. The van der Waals surface area contributed by atoms with Crippen molar-refractivity contribution in [3.63, 3.8) is 0 Å². The number of hydrogen-bond donors (Lipinski definition) is 2. The van der Waals surface area contributed by atoms with E-state index in [1.807, 2.05) is 12.1 Å². The van der Waals surface area contributed by atoms with E-state index in [1.165, 1.54) is 24.8 Å². The first-order chi connectivity index (χ1) is 8.53. The van der Waals surface area contributed by atoms with Crippen molar-refractivity contribution in [2.45, 2.75) is 58.5 Å². The molecule has 0 amide bonds. The van der Waals surface area contributed by atoms with Crippen molar-refractivity contribution in [2.75, 3.05) is 0 Å². The maximum absolute atomic E-state index is 9.36. The van der Waals surface area contributed by atoms with Gasteiger partial charge in [-0.05, 0) is 42.4 Å². The summed E-state index contributed by atoms with van der Waals surface area (Å²) < 4.78 is 0. The molecule has 2 unspecified atom stereocenters. The molecule has 0 spiro atoms. The van der Waals surface area contributed by atoms with Gasteiger partial charge in [-0.15, -0.1) is 0 Å². The first-order valence-corrected chi connectivity index (χ1v) is 7.08. The summed E-state index contributed by atoms with van der Waals surface area (Å²) in [5, 5.41) is 13.2. The predicted molar refractivity (Wildman–Crippen MR) is 75.7 cm³/mol. The van der Waals surface area contributed by atoms with Crippen molar-refractivity contribution >= 4 is 0 Å². The fraction of sp³-hybridized carbons (Fsp3) is 0.625. The second-order valence-corrected chi connectivity index (χ2v) is 6.15. The highest BCUT2D eigenvalue weighted by molar-refractivity contribution is 5.28. The summed E-state index contributed by atoms with van der Waals surface area (Å²) >= 11 is 0. The topological polar surface area (TPSA) is 32.3 Å². The monoisotopic (exact) mass is 247 g/mol. The molecule has 2 N–H and O–H groups in total. The third-order valence-corrected chi connectivity index (χ3v) is 4.36. The minimum absolute atomic E-state index is 0.342. The van der Waals surface area contributed by atoms with E-state index < -0.39 is 0 Å². The van der Waals surface area contributed by atoms with Crippen LogP contribution in [-0.4, -0.2) is 11.1 Å². The van der Waals surface area contributed by atoms with Crippen LogP contribution in [-0.2, 0) is 0 Å². The lowest BCUT2D eigenvalue weighted by molar-refractivity contribution is 0.259. The predicted octanol–water partition coefficient (Wildman–Crippen LogP) is 4.01. The molecular weight excluding hydrogens is 222 g/mol. The lowest BCUT2D eigenvalue weighted by Crippen LogP contribution is -2.39. The Hall–Kier alpha value is -1.02. The van der Waals surface area contributed by atoms with Crippen LogP contribution in [0.25, 0.3) is 0 Å². The lowest BCUT2D eigenvalue weighted by Gasteiger charge is -2.32. The highest BCUT2D eigenvalue weighted by Crippen LogP contribution is 2.38. The van der Waals surface area contributed by atoms with Crippen LogP contribution in [0.1, 0.15) is 58.1 Å². The number of nitrogens with one attached hydrogen (secondary N) is 1. The highest BCUT2D eigenvalue weighted by atomic mass is 16.3. The Morgan fingerprint density at radius 2 is 2.00 bits per heavy atom. The number of benzene rings is 1. The van der Waals surface area contributed by atoms with Gasteiger partial charge >= 0.3 is 0 Å². The van der Waals surface area contributed by atoms with Gasteiger partial charge in [0.05, 0.1) is 0 Å². The van der Waals surface area contributed by atoms with E-state index in [9.17, 15) is 5.11 Å². The van der Waals surface area contributed by atoms with Crippen molar-refractivity contribution in [1.29, 1.82) is 0 Å². The number of hydrogen-bond acceptors (Lipinski definition) is 2. The maximum atomic E-state index is 9.36. The first kappa shape index (κ1) is 13.4. The molecule has 1 aromatic carbocycles. The molecule has 2 atom stereocenters. The van der Waals surface area contributed by atoms with Gasteiger partial charge < -0.3 is 10.4 Å². The van der Waals surface area contributed by atoms with Gasteiger partial charge in [-0.2, -0.15) is 0 Å². The minimum atomic E-state index is 0.342. The first-order valence-electron chi connectivity index (χ1n) is 7.08. The Bertz CT molecular complexity index is 383. The zero-order valence-corrected chi connectivity index (χ0v) is 11.7. The summed E-state index contributed by atoms with van der Waals surface area (Å²) in [4.78, 5) is 0. The van der Waals surface area contributed by atoms with Gasteiger partial charge in [-0.25, -0.2) is 0 Å². The maximum Gasteiger partial charge on any atom is 0.115 e. The van der Waals surface area contributed by atoms with Crippen LogP contribution in [0.15, 0.2) is 24.3 Å².